The Morgan fingerprint density at radius 3 is 2.83 bits per heavy atom. The maximum absolute atomic E-state index is 12.5. The number of ether oxygens (including phenoxy) is 2. The predicted octanol–water partition coefficient (Wildman–Crippen LogP) is 0.603. The summed E-state index contributed by atoms with van der Waals surface area (Å²) in [6, 6.07) is 9.28. The number of likely N-dealkylation sites (tertiary alicyclic amines) is 1. The number of carbonyl (C=O) groups excluding carboxylic acids is 1. The molecule has 7 nitrogen and oxygen atoms in total. The number of para-hydroxylation sites is 1. The van der Waals surface area contributed by atoms with E-state index < -0.39 is 0 Å². The fourth-order valence-corrected chi connectivity index (χ4v) is 2.87. The van der Waals surface area contributed by atoms with Crippen LogP contribution in [0.1, 0.15) is 23.2 Å². The van der Waals surface area contributed by atoms with Gasteiger partial charge in [0.25, 0.3) is 5.91 Å². The van der Waals surface area contributed by atoms with Crippen LogP contribution in [0.2, 0.25) is 0 Å². The monoisotopic (exact) mass is 335 g/mol. The van der Waals surface area contributed by atoms with Crippen molar-refractivity contribution in [2.24, 2.45) is 0 Å². The molecular weight excluding hydrogens is 310 g/mol. The van der Waals surface area contributed by atoms with Crippen LogP contribution in [0.15, 0.2) is 24.3 Å². The zero-order valence-electron chi connectivity index (χ0n) is 14.1. The van der Waals surface area contributed by atoms with Gasteiger partial charge in [-0.15, -0.1) is 0 Å². The van der Waals surface area contributed by atoms with Crippen LogP contribution in [-0.4, -0.2) is 62.3 Å². The van der Waals surface area contributed by atoms with Gasteiger partial charge in [-0.25, -0.2) is 0 Å². The maximum Gasteiger partial charge on any atom is 0.255 e. The van der Waals surface area contributed by atoms with Crippen LogP contribution >= 0.6 is 0 Å². The molecule has 0 aliphatic carbocycles. The summed E-state index contributed by atoms with van der Waals surface area (Å²) in [6.07, 6.45) is 1.22. The number of hydrogen-bond acceptors (Lipinski definition) is 5. The van der Waals surface area contributed by atoms with E-state index in [9.17, 15) is 4.79 Å². The lowest BCUT2D eigenvalue weighted by Gasteiger charge is -2.37. The van der Waals surface area contributed by atoms with E-state index in [1.807, 2.05) is 12.1 Å². The van der Waals surface area contributed by atoms with Crippen LogP contribution in [-0.2, 0) is 4.74 Å². The summed E-state index contributed by atoms with van der Waals surface area (Å²) in [5.41, 5.74) is 0.525. The second-order valence-corrected chi connectivity index (χ2v) is 5.55. The van der Waals surface area contributed by atoms with Crippen LogP contribution in [0.25, 0.3) is 0 Å². The first-order valence-corrected chi connectivity index (χ1v) is 7.75. The van der Waals surface area contributed by atoms with Crippen LogP contribution in [0.4, 0.5) is 0 Å². The maximum atomic E-state index is 12.5. The van der Waals surface area contributed by atoms with E-state index in [1.54, 1.807) is 26.4 Å². The van der Waals surface area contributed by atoms with Crippen molar-refractivity contribution in [3.63, 3.8) is 0 Å². The van der Waals surface area contributed by atoms with E-state index in [4.69, 9.17) is 14.7 Å². The van der Waals surface area contributed by atoms with E-state index in [-0.39, 0.29) is 23.5 Å². The molecule has 7 heteroatoms. The Morgan fingerprint density at radius 2 is 2.17 bits per heavy atom. The van der Waals surface area contributed by atoms with E-state index in [0.717, 1.165) is 26.1 Å². The SMILES string of the molecule is COc1ccccc1C(=O)NC1CCN(CCC#N)CC1OC.O. The van der Waals surface area contributed by atoms with E-state index >= 15 is 0 Å². The Bertz CT molecular complexity index is 573. The van der Waals surface area contributed by atoms with Crippen LogP contribution in [0, 0.1) is 11.3 Å². The number of rotatable bonds is 6. The number of methoxy groups -OCH3 is 2. The van der Waals surface area contributed by atoms with Crippen LogP contribution in [0.3, 0.4) is 0 Å². The average molecular weight is 335 g/mol. The molecule has 1 aromatic rings. The molecule has 0 saturated carbocycles. The summed E-state index contributed by atoms with van der Waals surface area (Å²) in [5, 5.41) is 11.7. The fraction of sp³-hybridized carbons (Fsp3) is 0.529. The second kappa shape index (κ2) is 9.88. The molecule has 2 atom stereocenters. The van der Waals surface area contributed by atoms with E-state index in [2.05, 4.69) is 16.3 Å². The van der Waals surface area contributed by atoms with Gasteiger partial charge in [0.2, 0.25) is 0 Å². The second-order valence-electron chi connectivity index (χ2n) is 5.55. The number of hydrogen-bond donors (Lipinski definition) is 1. The Balaban J connectivity index is 0.00000288. The molecule has 24 heavy (non-hydrogen) atoms. The minimum Gasteiger partial charge on any atom is -0.496 e. The van der Waals surface area contributed by atoms with E-state index in [1.165, 1.54) is 0 Å². The summed E-state index contributed by atoms with van der Waals surface area (Å²) >= 11 is 0. The summed E-state index contributed by atoms with van der Waals surface area (Å²) in [4.78, 5) is 14.7. The highest BCUT2D eigenvalue weighted by Gasteiger charge is 2.30. The molecule has 2 rings (SSSR count). The van der Waals surface area contributed by atoms with Gasteiger partial charge in [-0.3, -0.25) is 9.69 Å². The molecule has 0 aromatic heterocycles. The largest absolute Gasteiger partial charge is 0.496 e. The number of nitrogens with one attached hydrogen (secondary N) is 1. The zero-order valence-corrected chi connectivity index (χ0v) is 14.1. The molecule has 0 radical (unpaired) electrons. The highest BCUT2D eigenvalue weighted by atomic mass is 16.5. The third-order valence-electron chi connectivity index (χ3n) is 4.15. The van der Waals surface area contributed by atoms with Gasteiger partial charge in [0.1, 0.15) is 5.75 Å². The van der Waals surface area contributed by atoms with E-state index in [0.29, 0.717) is 17.7 Å². The molecule has 1 aromatic carbocycles. The first kappa shape index (κ1) is 19.9. The van der Waals surface area contributed by atoms with Gasteiger partial charge in [-0.2, -0.15) is 5.26 Å². The number of nitrogens with zero attached hydrogens (tertiary/aromatic N) is 2. The topological polar surface area (TPSA) is 106 Å². The van der Waals surface area contributed by atoms with Gasteiger partial charge in [0.05, 0.1) is 30.9 Å². The third kappa shape index (κ3) is 4.93. The van der Waals surface area contributed by atoms with Crippen molar-refractivity contribution in [3.8, 4) is 11.8 Å². The molecule has 1 saturated heterocycles. The molecule has 0 spiro atoms. The van der Waals surface area contributed by atoms with Gasteiger partial charge in [-0.05, 0) is 18.6 Å². The first-order valence-electron chi connectivity index (χ1n) is 7.75. The number of nitriles is 1. The van der Waals surface area contributed by atoms with Gasteiger partial charge in [-0.1, -0.05) is 12.1 Å². The lowest BCUT2D eigenvalue weighted by molar-refractivity contribution is 0.00705. The highest BCUT2D eigenvalue weighted by molar-refractivity contribution is 5.97. The van der Waals surface area contributed by atoms with Crippen molar-refractivity contribution < 1.29 is 19.7 Å². The molecule has 1 aliphatic rings. The summed E-state index contributed by atoms with van der Waals surface area (Å²) < 4.78 is 10.8. The Hall–Kier alpha value is -2.14. The average Bonchev–Trinajstić information content (AvgIpc) is 2.60. The third-order valence-corrected chi connectivity index (χ3v) is 4.15. The lowest BCUT2D eigenvalue weighted by Crippen LogP contribution is -2.54. The van der Waals surface area contributed by atoms with Crippen molar-refractivity contribution in [2.45, 2.75) is 25.0 Å². The quantitative estimate of drug-likeness (QED) is 0.819. The molecule has 1 heterocycles. The van der Waals surface area contributed by atoms with Crippen molar-refractivity contribution in [2.75, 3.05) is 33.9 Å². The zero-order chi connectivity index (χ0) is 16.7. The van der Waals surface area contributed by atoms with Gasteiger partial charge in [0.15, 0.2) is 0 Å². The molecule has 132 valence electrons. The number of piperidine rings is 1. The van der Waals surface area contributed by atoms with Crippen molar-refractivity contribution in [1.29, 1.82) is 5.26 Å². The molecule has 3 N–H and O–H groups in total. The minimum atomic E-state index is -0.153. The van der Waals surface area contributed by atoms with Crippen molar-refractivity contribution >= 4 is 5.91 Å². The Labute approximate surface area is 142 Å². The summed E-state index contributed by atoms with van der Waals surface area (Å²) in [6.45, 7) is 2.30. The minimum absolute atomic E-state index is 0. The lowest BCUT2D eigenvalue weighted by atomic mass is 10.0. The summed E-state index contributed by atoms with van der Waals surface area (Å²) in [5.74, 6) is 0.408. The smallest absolute Gasteiger partial charge is 0.255 e. The Morgan fingerprint density at radius 1 is 1.42 bits per heavy atom. The number of amides is 1. The molecule has 2 unspecified atom stereocenters. The molecule has 0 bridgehead atoms. The molecular formula is C17H25N3O4. The number of benzene rings is 1. The number of carbonyl (C=O) groups is 1. The molecule has 1 fully saturated rings. The van der Waals surface area contributed by atoms with Gasteiger partial charge in [0, 0.05) is 33.2 Å². The highest BCUT2D eigenvalue weighted by Crippen LogP contribution is 2.19. The molecule has 1 aliphatic heterocycles. The standard InChI is InChI=1S/C17H23N3O3.H2O/c1-22-15-7-4-3-6-13(15)17(21)19-14-8-11-20(10-5-9-18)12-16(14)23-2;/h3-4,6-7,14,16H,5,8,10-12H2,1-2H3,(H,19,21);1H2. The normalized spacial score (nSPS) is 20.5. The summed E-state index contributed by atoms with van der Waals surface area (Å²) in [7, 11) is 3.21. The Kier molecular flexibility index (Phi) is 8.19. The van der Waals surface area contributed by atoms with Crippen LogP contribution in [0.5, 0.6) is 5.75 Å². The molecule has 1 amide bonds. The predicted molar refractivity (Wildman–Crippen MR) is 89.9 cm³/mol. The van der Waals surface area contributed by atoms with Crippen molar-refractivity contribution in [3.05, 3.63) is 29.8 Å². The fourth-order valence-electron chi connectivity index (χ4n) is 2.87. The first-order chi connectivity index (χ1) is 11.2. The van der Waals surface area contributed by atoms with Gasteiger partial charge < -0.3 is 20.3 Å². The van der Waals surface area contributed by atoms with Crippen LogP contribution < -0.4 is 10.1 Å². The van der Waals surface area contributed by atoms with Crippen molar-refractivity contribution in [1.82, 2.24) is 10.2 Å². The van der Waals surface area contributed by atoms with Gasteiger partial charge >= 0.3 is 0 Å².